The van der Waals surface area contributed by atoms with Gasteiger partial charge in [-0.2, -0.15) is 0 Å². The zero-order valence-corrected chi connectivity index (χ0v) is 29.7. The lowest BCUT2D eigenvalue weighted by atomic mass is 9.94. The molecule has 2 aromatic rings. The highest BCUT2D eigenvalue weighted by atomic mass is 16.6. The molecular weight excluding hydrogens is 638 g/mol. The Morgan fingerprint density at radius 3 is 2.50 bits per heavy atom. The molecule has 0 aromatic heterocycles. The van der Waals surface area contributed by atoms with Crippen LogP contribution in [0.4, 0.5) is 4.79 Å². The van der Waals surface area contributed by atoms with Gasteiger partial charge in [0.15, 0.2) is 0 Å². The second kappa shape index (κ2) is 16.4. The third kappa shape index (κ3) is 9.98. The van der Waals surface area contributed by atoms with Crippen LogP contribution in [0.15, 0.2) is 48.5 Å². The van der Waals surface area contributed by atoms with Crippen LogP contribution in [0.2, 0.25) is 0 Å². The summed E-state index contributed by atoms with van der Waals surface area (Å²) in [5.41, 5.74) is 2.16. The average molecular weight is 690 g/mol. The third-order valence-corrected chi connectivity index (χ3v) is 9.60. The van der Waals surface area contributed by atoms with Gasteiger partial charge in [0, 0.05) is 26.2 Å². The van der Waals surface area contributed by atoms with Crippen molar-refractivity contribution in [2.24, 2.45) is 5.92 Å². The van der Waals surface area contributed by atoms with Crippen LogP contribution >= 0.6 is 0 Å². The van der Waals surface area contributed by atoms with Crippen LogP contribution in [-0.4, -0.2) is 89.5 Å². The van der Waals surface area contributed by atoms with Gasteiger partial charge in [-0.25, -0.2) is 4.79 Å². The van der Waals surface area contributed by atoms with E-state index in [4.69, 9.17) is 9.47 Å². The van der Waals surface area contributed by atoms with Crippen LogP contribution in [0.3, 0.4) is 0 Å². The second-order valence-electron chi connectivity index (χ2n) is 14.6. The fourth-order valence-corrected chi connectivity index (χ4v) is 6.58. The molecule has 12 heteroatoms. The maximum Gasteiger partial charge on any atom is 0.410 e. The molecule has 5 amide bonds. The quantitative estimate of drug-likeness (QED) is 0.435. The van der Waals surface area contributed by atoms with Crippen LogP contribution in [0.5, 0.6) is 5.75 Å². The minimum absolute atomic E-state index is 0.234. The van der Waals surface area contributed by atoms with Gasteiger partial charge in [-0.3, -0.25) is 24.1 Å². The number of carbonyl (C=O) groups excluding carboxylic acids is 5. The fraction of sp³-hybridized carbons (Fsp3) is 0.553. The van der Waals surface area contributed by atoms with Crippen LogP contribution in [-0.2, 0) is 36.9 Å². The summed E-state index contributed by atoms with van der Waals surface area (Å²) < 4.78 is 11.6. The standard InChI is InChI=1S/C38H51N5O7/c1-25-12-14-29-21-28(25)23-39-34(45)30(15-13-26-9-6-5-7-10-26)40-35(46)31(22-33(44)42-18-8-11-27(24-42)17-20-49-29)41-36(47)32-16-19-43(32)37(48)50-38(2,3)4/h5-7,9-10,12,14,21,27,30-32H,8,11,13,15-20,22-24H2,1-4H3,(H,39,45)(H,40,46)(H,41,47)/t27?,30-,31-,32?/m0/s1. The molecule has 3 heterocycles. The van der Waals surface area contributed by atoms with Gasteiger partial charge in [0.2, 0.25) is 23.6 Å². The van der Waals surface area contributed by atoms with E-state index in [0.717, 1.165) is 36.0 Å². The molecule has 0 radical (unpaired) electrons. The SMILES string of the molecule is Cc1ccc2cc1CNC(=O)[C@H](CCc1ccccc1)NC(=O)[C@@H](NC(=O)C1CCN1C(=O)OC(C)(C)C)CC(=O)N1CCCC(CCO2)C1. The van der Waals surface area contributed by atoms with Gasteiger partial charge in [-0.15, -0.1) is 0 Å². The minimum atomic E-state index is -1.26. The van der Waals surface area contributed by atoms with Crippen molar-refractivity contribution in [1.29, 1.82) is 0 Å². The molecule has 3 N–H and O–H groups in total. The Morgan fingerprint density at radius 2 is 1.78 bits per heavy atom. The number of benzene rings is 2. The van der Waals surface area contributed by atoms with Crippen molar-refractivity contribution >= 4 is 29.7 Å². The van der Waals surface area contributed by atoms with Crippen LogP contribution in [0.1, 0.15) is 76.0 Å². The monoisotopic (exact) mass is 689 g/mol. The molecule has 0 saturated carbocycles. The van der Waals surface area contributed by atoms with E-state index in [9.17, 15) is 24.0 Å². The van der Waals surface area contributed by atoms with Crippen molar-refractivity contribution in [2.45, 2.75) is 103 Å². The first-order chi connectivity index (χ1) is 23.9. The number of aryl methyl sites for hydroxylation is 2. The summed E-state index contributed by atoms with van der Waals surface area (Å²) in [6.07, 6.45) is 2.85. The summed E-state index contributed by atoms with van der Waals surface area (Å²) in [6.45, 7) is 9.36. The highest BCUT2D eigenvalue weighted by molar-refractivity contribution is 5.96. The zero-order chi connectivity index (χ0) is 35.8. The van der Waals surface area contributed by atoms with E-state index < -0.39 is 41.6 Å². The van der Waals surface area contributed by atoms with Gasteiger partial charge in [-0.1, -0.05) is 36.4 Å². The Hall–Kier alpha value is -4.61. The number of likely N-dealkylation sites (tertiary alicyclic amines) is 1. The zero-order valence-electron chi connectivity index (χ0n) is 29.7. The molecule has 4 bridgehead atoms. The molecule has 2 aromatic carbocycles. The number of amides is 5. The Balaban J connectivity index is 1.39. The highest BCUT2D eigenvalue weighted by Gasteiger charge is 2.42. The first-order valence-corrected chi connectivity index (χ1v) is 17.8. The Labute approximate surface area is 294 Å². The van der Waals surface area contributed by atoms with Gasteiger partial charge in [-0.05, 0) is 101 Å². The number of hydrogen-bond acceptors (Lipinski definition) is 7. The number of rotatable bonds is 5. The molecule has 0 aliphatic carbocycles. The van der Waals surface area contributed by atoms with E-state index in [-0.39, 0.29) is 30.7 Å². The lowest BCUT2D eigenvalue weighted by molar-refractivity contribution is -0.140. The smallest absolute Gasteiger partial charge is 0.410 e. The molecule has 270 valence electrons. The molecule has 50 heavy (non-hydrogen) atoms. The Morgan fingerprint density at radius 1 is 1.00 bits per heavy atom. The van der Waals surface area contributed by atoms with Crippen molar-refractivity contribution in [1.82, 2.24) is 25.8 Å². The van der Waals surface area contributed by atoms with E-state index in [1.54, 1.807) is 25.7 Å². The number of ether oxygens (including phenoxy) is 2. The minimum Gasteiger partial charge on any atom is -0.494 e. The second-order valence-corrected chi connectivity index (χ2v) is 14.6. The molecule has 3 aliphatic heterocycles. The van der Waals surface area contributed by atoms with Crippen LogP contribution < -0.4 is 20.7 Å². The van der Waals surface area contributed by atoms with E-state index in [1.807, 2.05) is 55.5 Å². The first-order valence-electron chi connectivity index (χ1n) is 17.8. The Kier molecular flexibility index (Phi) is 12.0. The van der Waals surface area contributed by atoms with Crippen LogP contribution in [0, 0.1) is 12.8 Å². The summed E-state index contributed by atoms with van der Waals surface area (Å²) in [7, 11) is 0. The molecule has 12 nitrogen and oxygen atoms in total. The molecule has 3 aliphatic rings. The fourth-order valence-electron chi connectivity index (χ4n) is 6.58. The van der Waals surface area contributed by atoms with Crippen molar-refractivity contribution in [2.75, 3.05) is 26.2 Å². The van der Waals surface area contributed by atoms with Crippen molar-refractivity contribution in [3.8, 4) is 5.75 Å². The summed E-state index contributed by atoms with van der Waals surface area (Å²) in [4.78, 5) is 71.0. The number of carbonyl (C=O) groups is 5. The predicted octanol–water partition coefficient (Wildman–Crippen LogP) is 3.63. The molecule has 0 spiro atoms. The number of hydrogen-bond donors (Lipinski definition) is 3. The van der Waals surface area contributed by atoms with Crippen LogP contribution in [0.25, 0.3) is 0 Å². The van der Waals surface area contributed by atoms with Gasteiger partial charge in [0.1, 0.15) is 29.5 Å². The largest absolute Gasteiger partial charge is 0.494 e. The topological polar surface area (TPSA) is 146 Å². The summed E-state index contributed by atoms with van der Waals surface area (Å²) in [5, 5.41) is 8.62. The summed E-state index contributed by atoms with van der Waals surface area (Å²) in [5.74, 6) is -0.878. The molecule has 4 atom stereocenters. The first kappa shape index (κ1) is 36.7. The number of fused-ring (bicyclic) bond motifs is 4. The molecule has 2 saturated heterocycles. The van der Waals surface area contributed by atoms with Gasteiger partial charge in [0.05, 0.1) is 13.0 Å². The van der Waals surface area contributed by atoms with Crippen molar-refractivity contribution in [3.63, 3.8) is 0 Å². The normalized spacial score (nSPS) is 23.6. The maximum atomic E-state index is 14.1. The van der Waals surface area contributed by atoms with E-state index >= 15 is 0 Å². The molecule has 2 fully saturated rings. The molecule has 2 unspecified atom stereocenters. The molecular formula is C38H51N5O7. The predicted molar refractivity (Wildman–Crippen MR) is 187 cm³/mol. The van der Waals surface area contributed by atoms with E-state index in [2.05, 4.69) is 16.0 Å². The van der Waals surface area contributed by atoms with E-state index in [1.165, 1.54) is 4.90 Å². The van der Waals surface area contributed by atoms with Gasteiger partial charge < -0.3 is 30.3 Å². The third-order valence-electron chi connectivity index (χ3n) is 9.60. The number of nitrogens with one attached hydrogen (secondary N) is 3. The van der Waals surface area contributed by atoms with Gasteiger partial charge >= 0.3 is 6.09 Å². The summed E-state index contributed by atoms with van der Waals surface area (Å²) in [6, 6.07) is 12.4. The maximum absolute atomic E-state index is 14.1. The Bertz CT molecular complexity index is 1540. The van der Waals surface area contributed by atoms with E-state index in [0.29, 0.717) is 51.3 Å². The lowest BCUT2D eigenvalue weighted by Crippen LogP contribution is -2.62. The molecule has 5 rings (SSSR count). The van der Waals surface area contributed by atoms with Crippen molar-refractivity contribution in [3.05, 3.63) is 65.2 Å². The highest BCUT2D eigenvalue weighted by Crippen LogP contribution is 2.24. The summed E-state index contributed by atoms with van der Waals surface area (Å²) >= 11 is 0. The lowest BCUT2D eigenvalue weighted by Gasteiger charge is -2.40. The van der Waals surface area contributed by atoms with Gasteiger partial charge in [0.25, 0.3) is 0 Å². The average Bonchev–Trinajstić information content (AvgIpc) is 3.05. The number of nitrogens with zero attached hydrogens (tertiary/aromatic N) is 2. The number of piperidine rings is 1. The van der Waals surface area contributed by atoms with Crippen molar-refractivity contribution < 1.29 is 33.4 Å².